The Kier molecular flexibility index (Phi) is 32.7. The Bertz CT molecular complexity index is 628. The van der Waals surface area contributed by atoms with Crippen molar-refractivity contribution in [2.24, 2.45) is 0 Å². The van der Waals surface area contributed by atoms with E-state index < -0.39 is 36.9 Å². The van der Waals surface area contributed by atoms with Crippen LogP contribution in [0, 0.1) is 0 Å². The predicted molar refractivity (Wildman–Crippen MR) is 187 cm³/mol. The van der Waals surface area contributed by atoms with Crippen LogP contribution in [-0.2, 0) is 4.79 Å². The average Bonchev–Trinajstić information content (AvgIpc) is 3.03. The number of aliphatic hydroxyl groups excluding tert-OH is 4. The van der Waals surface area contributed by atoms with Gasteiger partial charge in [0.15, 0.2) is 0 Å². The molecule has 262 valence electrons. The Hall–Kier alpha value is -0.950. The first-order valence-corrected chi connectivity index (χ1v) is 19.1. The van der Waals surface area contributed by atoms with Gasteiger partial charge in [-0.1, -0.05) is 174 Å². The summed E-state index contributed by atoms with van der Waals surface area (Å²) in [5, 5.41) is 43.1. The van der Waals surface area contributed by atoms with Crippen molar-refractivity contribution < 1.29 is 25.2 Å². The second-order valence-corrected chi connectivity index (χ2v) is 13.3. The fourth-order valence-electron chi connectivity index (χ4n) is 5.86. The number of carbonyl (C=O) groups excluding carboxylic acids is 1. The fourth-order valence-corrected chi connectivity index (χ4v) is 5.86. The van der Waals surface area contributed by atoms with E-state index in [1.807, 2.05) is 0 Å². The molecule has 0 aromatic rings. The molecule has 4 unspecified atom stereocenters. The van der Waals surface area contributed by atoms with Gasteiger partial charge in [-0.2, -0.15) is 0 Å². The van der Waals surface area contributed by atoms with Gasteiger partial charge in [0, 0.05) is 0 Å². The van der Waals surface area contributed by atoms with Gasteiger partial charge in [0.1, 0.15) is 12.2 Å². The highest BCUT2D eigenvalue weighted by molar-refractivity contribution is 5.80. The molecule has 6 heteroatoms. The molecule has 0 saturated heterocycles. The van der Waals surface area contributed by atoms with Crippen LogP contribution in [0.1, 0.15) is 194 Å². The Morgan fingerprint density at radius 3 is 1.34 bits per heavy atom. The lowest BCUT2D eigenvalue weighted by Gasteiger charge is -2.27. The standard InChI is InChI=1S/C38H75NO5/c1-3-5-7-9-11-12-13-14-15-16-17-18-19-20-21-22-23-24-26-28-30-32-36(42)38(44)39-34(33-40)37(43)35(41)31-29-27-25-10-8-6-4-2/h10,25,34-37,40-43H,3-9,11-24,26-33H2,1-2H3,(H,39,44)/b25-10+. The van der Waals surface area contributed by atoms with E-state index in [4.69, 9.17) is 0 Å². The summed E-state index contributed by atoms with van der Waals surface area (Å²) in [6.07, 6.45) is 34.1. The lowest BCUT2D eigenvalue weighted by atomic mass is 10.00. The minimum absolute atomic E-state index is 0.367. The third kappa shape index (κ3) is 27.4. The van der Waals surface area contributed by atoms with E-state index in [1.165, 1.54) is 122 Å². The van der Waals surface area contributed by atoms with E-state index in [2.05, 4.69) is 31.3 Å². The Balaban J connectivity index is 3.66. The molecule has 44 heavy (non-hydrogen) atoms. The van der Waals surface area contributed by atoms with Gasteiger partial charge >= 0.3 is 0 Å². The number of aliphatic hydroxyl groups is 4. The van der Waals surface area contributed by atoms with Gasteiger partial charge in [-0.3, -0.25) is 4.79 Å². The summed E-state index contributed by atoms with van der Waals surface area (Å²) < 4.78 is 0. The molecular weight excluding hydrogens is 550 g/mol. The number of carbonyl (C=O) groups is 1. The zero-order valence-corrected chi connectivity index (χ0v) is 29.2. The number of hydrogen-bond acceptors (Lipinski definition) is 5. The smallest absolute Gasteiger partial charge is 0.249 e. The molecule has 0 fully saturated rings. The summed E-state index contributed by atoms with van der Waals surface area (Å²) in [5.74, 6) is -0.595. The van der Waals surface area contributed by atoms with Crippen LogP contribution in [0.2, 0.25) is 0 Å². The minimum Gasteiger partial charge on any atom is -0.394 e. The number of rotatable bonds is 34. The molecule has 0 radical (unpaired) electrons. The van der Waals surface area contributed by atoms with Crippen molar-refractivity contribution in [2.45, 2.75) is 218 Å². The van der Waals surface area contributed by atoms with E-state index in [0.717, 1.165) is 44.9 Å². The highest BCUT2D eigenvalue weighted by Gasteiger charge is 2.28. The van der Waals surface area contributed by atoms with E-state index in [-0.39, 0.29) is 0 Å². The molecule has 0 aromatic heterocycles. The van der Waals surface area contributed by atoms with Crippen LogP contribution in [0.3, 0.4) is 0 Å². The first kappa shape index (κ1) is 43.0. The van der Waals surface area contributed by atoms with Crippen LogP contribution < -0.4 is 5.32 Å². The molecule has 6 nitrogen and oxygen atoms in total. The highest BCUT2D eigenvalue weighted by atomic mass is 16.3. The van der Waals surface area contributed by atoms with Gasteiger partial charge < -0.3 is 25.7 Å². The quantitative estimate of drug-likeness (QED) is 0.0362. The third-order valence-corrected chi connectivity index (χ3v) is 8.98. The lowest BCUT2D eigenvalue weighted by Crippen LogP contribution is -2.53. The molecule has 0 bridgehead atoms. The van der Waals surface area contributed by atoms with Crippen molar-refractivity contribution in [3.05, 3.63) is 12.2 Å². The predicted octanol–water partition coefficient (Wildman–Crippen LogP) is 9.07. The Labute approximate surface area is 272 Å². The van der Waals surface area contributed by atoms with Crippen LogP contribution in [0.4, 0.5) is 0 Å². The first-order chi connectivity index (χ1) is 21.5. The third-order valence-electron chi connectivity index (χ3n) is 8.98. The normalized spacial score (nSPS) is 14.6. The zero-order chi connectivity index (χ0) is 32.5. The van der Waals surface area contributed by atoms with Crippen molar-refractivity contribution in [1.29, 1.82) is 0 Å². The molecule has 0 aliphatic carbocycles. The fraction of sp³-hybridized carbons (Fsp3) is 0.921. The van der Waals surface area contributed by atoms with Crippen LogP contribution in [0.15, 0.2) is 12.2 Å². The molecule has 0 heterocycles. The number of nitrogens with one attached hydrogen (secondary N) is 1. The van der Waals surface area contributed by atoms with Gasteiger partial charge in [-0.15, -0.1) is 0 Å². The van der Waals surface area contributed by atoms with E-state index >= 15 is 0 Å². The summed E-state index contributed by atoms with van der Waals surface area (Å²) in [7, 11) is 0. The van der Waals surface area contributed by atoms with Gasteiger partial charge in [-0.25, -0.2) is 0 Å². The van der Waals surface area contributed by atoms with E-state index in [0.29, 0.717) is 12.8 Å². The summed E-state index contributed by atoms with van der Waals surface area (Å²) in [5.41, 5.74) is 0. The van der Waals surface area contributed by atoms with Crippen molar-refractivity contribution in [1.82, 2.24) is 5.32 Å². The number of amides is 1. The zero-order valence-electron chi connectivity index (χ0n) is 29.2. The monoisotopic (exact) mass is 626 g/mol. The molecule has 1 amide bonds. The topological polar surface area (TPSA) is 110 Å². The number of hydrogen-bond donors (Lipinski definition) is 5. The Morgan fingerprint density at radius 1 is 0.545 bits per heavy atom. The maximum atomic E-state index is 12.4. The molecule has 0 saturated carbocycles. The van der Waals surface area contributed by atoms with Crippen molar-refractivity contribution >= 4 is 5.91 Å². The van der Waals surface area contributed by atoms with Gasteiger partial charge in [0.25, 0.3) is 0 Å². The van der Waals surface area contributed by atoms with Crippen LogP contribution in [-0.4, -0.2) is 57.3 Å². The highest BCUT2D eigenvalue weighted by Crippen LogP contribution is 2.16. The van der Waals surface area contributed by atoms with Crippen LogP contribution in [0.25, 0.3) is 0 Å². The second kappa shape index (κ2) is 33.4. The van der Waals surface area contributed by atoms with Crippen molar-refractivity contribution in [3.63, 3.8) is 0 Å². The molecule has 0 aliphatic rings. The van der Waals surface area contributed by atoms with Gasteiger partial charge in [0.05, 0.1) is 18.8 Å². The largest absolute Gasteiger partial charge is 0.394 e. The maximum absolute atomic E-state index is 12.4. The van der Waals surface area contributed by atoms with Crippen molar-refractivity contribution in [3.8, 4) is 0 Å². The SMILES string of the molecule is CCCC/C=C/CCCC(O)C(O)C(CO)NC(=O)C(O)CCCCCCCCCCCCCCCCCCCCCCC. The summed E-state index contributed by atoms with van der Waals surface area (Å²) in [6, 6.07) is -0.994. The molecule has 0 spiro atoms. The van der Waals surface area contributed by atoms with E-state index in [1.54, 1.807) is 0 Å². The first-order valence-electron chi connectivity index (χ1n) is 19.1. The number of unbranched alkanes of at least 4 members (excludes halogenated alkanes) is 23. The molecule has 0 rings (SSSR count). The van der Waals surface area contributed by atoms with E-state index in [9.17, 15) is 25.2 Å². The van der Waals surface area contributed by atoms with Gasteiger partial charge in [0.2, 0.25) is 5.91 Å². The Morgan fingerprint density at radius 2 is 0.932 bits per heavy atom. The average molecular weight is 626 g/mol. The molecule has 0 aliphatic heterocycles. The number of allylic oxidation sites excluding steroid dienone is 2. The molecule has 0 aromatic carbocycles. The van der Waals surface area contributed by atoms with Gasteiger partial charge in [-0.05, 0) is 32.1 Å². The van der Waals surface area contributed by atoms with Crippen LogP contribution in [0.5, 0.6) is 0 Å². The lowest BCUT2D eigenvalue weighted by molar-refractivity contribution is -0.132. The molecule has 5 N–H and O–H groups in total. The summed E-state index contributed by atoms with van der Waals surface area (Å²) >= 11 is 0. The van der Waals surface area contributed by atoms with Crippen LogP contribution >= 0.6 is 0 Å². The van der Waals surface area contributed by atoms with Crippen molar-refractivity contribution in [2.75, 3.05) is 6.61 Å². The summed E-state index contributed by atoms with van der Waals surface area (Å²) in [6.45, 7) is 3.94. The minimum atomic E-state index is -1.27. The maximum Gasteiger partial charge on any atom is 0.249 e. The summed E-state index contributed by atoms with van der Waals surface area (Å²) in [4.78, 5) is 12.4. The second-order valence-electron chi connectivity index (χ2n) is 13.3. The molecular formula is C38H75NO5. The molecule has 4 atom stereocenters.